The van der Waals surface area contributed by atoms with E-state index >= 15 is 0 Å². The van der Waals surface area contributed by atoms with Crippen molar-refractivity contribution in [1.29, 1.82) is 0 Å². The van der Waals surface area contributed by atoms with Gasteiger partial charge in [0.1, 0.15) is 12.6 Å². The second-order valence-corrected chi connectivity index (χ2v) is 13.2. The van der Waals surface area contributed by atoms with Crippen LogP contribution in [0.25, 0.3) is 0 Å². The molecule has 7 nitrogen and oxygen atoms in total. The standard InChI is InChI=1S/C32H35ClF3N3O4S/c1-3-28(31(41)37-25-9-7-8-10-25)38(20-23-15-13-22(2)14-16-23)30(40)21-39(44(42,43)26-11-5-4-6-12-26)29-19-24(32(34,35)36)17-18-27(29)33/h4-6,11-19,25,28H,3,7-10,20-21H2,1-2H3,(H,37,41)/t28-/m0/s1. The molecule has 1 aliphatic carbocycles. The highest BCUT2D eigenvalue weighted by Gasteiger charge is 2.37. The Bertz CT molecular complexity index is 1560. The fourth-order valence-corrected chi connectivity index (χ4v) is 7.01. The summed E-state index contributed by atoms with van der Waals surface area (Å²) in [5.74, 6) is -1.14. The Labute approximate surface area is 261 Å². The summed E-state index contributed by atoms with van der Waals surface area (Å²) in [7, 11) is -4.58. The maximum Gasteiger partial charge on any atom is 0.416 e. The van der Waals surface area contributed by atoms with Crippen molar-refractivity contribution in [3.63, 3.8) is 0 Å². The van der Waals surface area contributed by atoms with E-state index in [0.717, 1.165) is 43.4 Å². The van der Waals surface area contributed by atoms with E-state index in [4.69, 9.17) is 11.6 Å². The van der Waals surface area contributed by atoms with Crippen LogP contribution in [0.3, 0.4) is 0 Å². The Morgan fingerprint density at radius 2 is 1.64 bits per heavy atom. The zero-order chi connectivity index (χ0) is 32.1. The van der Waals surface area contributed by atoms with Crippen LogP contribution in [0.4, 0.5) is 18.9 Å². The minimum Gasteiger partial charge on any atom is -0.352 e. The lowest BCUT2D eigenvalue weighted by molar-refractivity contribution is -0.140. The van der Waals surface area contributed by atoms with Gasteiger partial charge in [0.25, 0.3) is 10.0 Å². The number of rotatable bonds is 11. The van der Waals surface area contributed by atoms with Gasteiger partial charge in [-0.1, -0.05) is 79.4 Å². The van der Waals surface area contributed by atoms with Gasteiger partial charge in [-0.05, 0) is 62.1 Å². The largest absolute Gasteiger partial charge is 0.416 e. The van der Waals surface area contributed by atoms with Crippen LogP contribution in [-0.4, -0.2) is 43.8 Å². The molecule has 44 heavy (non-hydrogen) atoms. The fourth-order valence-electron chi connectivity index (χ4n) is 5.29. The summed E-state index contributed by atoms with van der Waals surface area (Å²) in [6, 6.07) is 15.7. The van der Waals surface area contributed by atoms with Gasteiger partial charge in [-0.25, -0.2) is 8.42 Å². The summed E-state index contributed by atoms with van der Waals surface area (Å²) in [5.41, 5.74) is 0.0523. The van der Waals surface area contributed by atoms with E-state index in [9.17, 15) is 31.2 Å². The quantitative estimate of drug-likeness (QED) is 0.250. The van der Waals surface area contributed by atoms with Gasteiger partial charge in [0.05, 0.1) is 21.2 Å². The molecule has 0 aromatic heterocycles. The van der Waals surface area contributed by atoms with Crippen molar-refractivity contribution in [3.05, 3.63) is 94.5 Å². The van der Waals surface area contributed by atoms with Crippen molar-refractivity contribution in [2.45, 2.75) is 75.7 Å². The van der Waals surface area contributed by atoms with E-state index in [1.165, 1.54) is 29.2 Å². The second kappa shape index (κ2) is 14.0. The summed E-state index contributed by atoms with van der Waals surface area (Å²) < 4.78 is 69.6. The Morgan fingerprint density at radius 1 is 1.00 bits per heavy atom. The SMILES string of the molecule is CC[C@@H](C(=O)NC1CCCC1)N(Cc1ccc(C)cc1)C(=O)CN(c1cc(C(F)(F)F)ccc1Cl)S(=O)(=O)c1ccccc1. The van der Waals surface area contributed by atoms with E-state index in [0.29, 0.717) is 15.9 Å². The number of amides is 2. The predicted octanol–water partition coefficient (Wildman–Crippen LogP) is 6.73. The number of carbonyl (C=O) groups is 2. The van der Waals surface area contributed by atoms with Crippen LogP contribution in [0.1, 0.15) is 55.7 Å². The molecule has 0 radical (unpaired) electrons. The lowest BCUT2D eigenvalue weighted by atomic mass is 10.1. The third-order valence-electron chi connectivity index (χ3n) is 7.71. The van der Waals surface area contributed by atoms with Gasteiger partial charge in [-0.15, -0.1) is 0 Å². The van der Waals surface area contributed by atoms with Crippen LogP contribution in [0.2, 0.25) is 5.02 Å². The lowest BCUT2D eigenvalue weighted by Crippen LogP contribution is -2.53. The first-order chi connectivity index (χ1) is 20.8. The minimum absolute atomic E-state index is 0.0215. The Hall–Kier alpha value is -3.57. The van der Waals surface area contributed by atoms with E-state index in [-0.39, 0.29) is 34.8 Å². The van der Waals surface area contributed by atoms with Crippen LogP contribution in [-0.2, 0) is 32.3 Å². The van der Waals surface area contributed by atoms with Gasteiger partial charge in [0.15, 0.2) is 0 Å². The highest BCUT2D eigenvalue weighted by molar-refractivity contribution is 7.92. The first kappa shape index (κ1) is 33.3. The van der Waals surface area contributed by atoms with Crippen LogP contribution in [0.5, 0.6) is 0 Å². The topological polar surface area (TPSA) is 86.8 Å². The van der Waals surface area contributed by atoms with Gasteiger partial charge < -0.3 is 10.2 Å². The van der Waals surface area contributed by atoms with E-state index in [1.807, 2.05) is 19.1 Å². The van der Waals surface area contributed by atoms with Crippen molar-refractivity contribution in [1.82, 2.24) is 10.2 Å². The normalized spacial score (nSPS) is 14.7. The molecule has 0 aliphatic heterocycles. The van der Waals surface area contributed by atoms with Crippen LogP contribution >= 0.6 is 11.6 Å². The summed E-state index contributed by atoms with van der Waals surface area (Å²) >= 11 is 6.32. The molecule has 0 heterocycles. The number of sulfonamides is 1. The molecule has 236 valence electrons. The van der Waals surface area contributed by atoms with Crippen LogP contribution in [0, 0.1) is 6.92 Å². The van der Waals surface area contributed by atoms with Crippen molar-refractivity contribution in [2.75, 3.05) is 10.8 Å². The number of halogens is 4. The maximum atomic E-state index is 14.2. The van der Waals surface area contributed by atoms with Crippen molar-refractivity contribution in [2.24, 2.45) is 0 Å². The number of hydrogen-bond donors (Lipinski definition) is 1. The first-order valence-electron chi connectivity index (χ1n) is 14.4. The molecule has 1 atom stereocenters. The van der Waals surface area contributed by atoms with Gasteiger partial charge in [-0.2, -0.15) is 13.2 Å². The van der Waals surface area contributed by atoms with E-state index in [1.54, 1.807) is 25.1 Å². The van der Waals surface area contributed by atoms with Gasteiger partial charge >= 0.3 is 6.18 Å². The van der Waals surface area contributed by atoms with Crippen LogP contribution in [0.15, 0.2) is 77.7 Å². The molecule has 3 aromatic rings. The van der Waals surface area contributed by atoms with Crippen molar-refractivity contribution in [3.8, 4) is 0 Å². The molecule has 1 saturated carbocycles. The van der Waals surface area contributed by atoms with Crippen molar-refractivity contribution >= 4 is 39.1 Å². The summed E-state index contributed by atoms with van der Waals surface area (Å²) in [4.78, 5) is 28.8. The van der Waals surface area contributed by atoms with E-state index < -0.39 is 45.9 Å². The summed E-state index contributed by atoms with van der Waals surface area (Å²) in [5, 5.41) is 2.73. The Balaban J connectivity index is 1.78. The number of benzene rings is 3. The average molecular weight is 650 g/mol. The molecule has 12 heteroatoms. The zero-order valence-corrected chi connectivity index (χ0v) is 26.1. The number of hydrogen-bond acceptors (Lipinski definition) is 4. The second-order valence-electron chi connectivity index (χ2n) is 10.9. The van der Waals surface area contributed by atoms with Gasteiger partial charge in [0.2, 0.25) is 11.8 Å². The molecular formula is C32H35ClF3N3O4S. The minimum atomic E-state index is -4.80. The van der Waals surface area contributed by atoms with Gasteiger partial charge in [-0.3, -0.25) is 13.9 Å². The molecule has 0 unspecified atom stereocenters. The molecule has 4 rings (SSSR count). The van der Waals surface area contributed by atoms with Gasteiger partial charge in [0, 0.05) is 12.6 Å². The molecule has 1 fully saturated rings. The van der Waals surface area contributed by atoms with Crippen LogP contribution < -0.4 is 9.62 Å². The summed E-state index contributed by atoms with van der Waals surface area (Å²) in [6.45, 7) is 2.74. The zero-order valence-electron chi connectivity index (χ0n) is 24.5. The molecule has 2 amide bonds. The molecule has 0 bridgehead atoms. The number of anilines is 1. The fraction of sp³-hybridized carbons (Fsp3) is 0.375. The molecule has 1 N–H and O–H groups in total. The first-order valence-corrected chi connectivity index (χ1v) is 16.2. The maximum absolute atomic E-state index is 14.2. The molecule has 1 aliphatic rings. The number of nitrogens with zero attached hydrogens (tertiary/aromatic N) is 2. The molecule has 0 spiro atoms. The highest BCUT2D eigenvalue weighted by atomic mass is 35.5. The number of aryl methyl sites for hydroxylation is 1. The number of nitrogens with one attached hydrogen (secondary N) is 1. The number of carbonyl (C=O) groups excluding carboxylic acids is 2. The number of alkyl halides is 3. The summed E-state index contributed by atoms with van der Waals surface area (Å²) in [6.07, 6.45) is -0.952. The molecular weight excluding hydrogens is 615 g/mol. The third kappa shape index (κ3) is 7.92. The third-order valence-corrected chi connectivity index (χ3v) is 9.81. The molecule has 0 saturated heterocycles. The lowest BCUT2D eigenvalue weighted by Gasteiger charge is -2.34. The Kier molecular flexibility index (Phi) is 10.6. The predicted molar refractivity (Wildman–Crippen MR) is 164 cm³/mol. The van der Waals surface area contributed by atoms with E-state index in [2.05, 4.69) is 5.32 Å². The smallest absolute Gasteiger partial charge is 0.352 e. The van der Waals surface area contributed by atoms with Crippen molar-refractivity contribution < 1.29 is 31.2 Å². The molecule has 3 aromatic carbocycles. The highest BCUT2D eigenvalue weighted by Crippen LogP contribution is 2.37. The average Bonchev–Trinajstić information content (AvgIpc) is 3.50. The monoisotopic (exact) mass is 649 g/mol. The Morgan fingerprint density at radius 3 is 2.23 bits per heavy atom.